The lowest BCUT2D eigenvalue weighted by atomic mass is 9.98. The number of hydrogen-bond donors (Lipinski definition) is 2. The van der Waals surface area contributed by atoms with Gasteiger partial charge in [0.05, 0.1) is 6.54 Å². The number of piperidine rings is 1. The molecule has 2 aliphatic rings. The summed E-state index contributed by atoms with van der Waals surface area (Å²) in [5.41, 5.74) is 0. The topological polar surface area (TPSA) is 44.4 Å². The van der Waals surface area contributed by atoms with E-state index in [2.05, 4.69) is 22.1 Å². The molecule has 0 aromatic rings. The molecule has 4 nitrogen and oxygen atoms in total. The van der Waals surface area contributed by atoms with Crippen LogP contribution in [0.2, 0.25) is 0 Å². The summed E-state index contributed by atoms with van der Waals surface area (Å²) in [5.74, 6) is 0.831. The monoisotopic (exact) mass is 251 g/mol. The molecule has 1 saturated heterocycles. The van der Waals surface area contributed by atoms with E-state index in [-0.39, 0.29) is 5.91 Å². The van der Waals surface area contributed by atoms with Crippen LogP contribution in [-0.2, 0) is 4.79 Å². The molecule has 0 spiro atoms. The van der Waals surface area contributed by atoms with Crippen molar-refractivity contribution in [2.24, 2.45) is 5.92 Å². The summed E-state index contributed by atoms with van der Waals surface area (Å²) in [7, 11) is 0. The molecule has 0 bridgehead atoms. The molecule has 0 radical (unpaired) electrons. The Bertz CT molecular complexity index is 289. The highest BCUT2D eigenvalue weighted by atomic mass is 16.2. The third-order valence-corrected chi connectivity index (χ3v) is 3.69. The fourth-order valence-electron chi connectivity index (χ4n) is 2.53. The largest absolute Gasteiger partial charge is 0.352 e. The number of rotatable bonds is 7. The SMILES string of the molecule is C=CCNC(=O)CN1CCCC(CNC2CC2)C1. The molecule has 1 atom stereocenters. The molecular formula is C14H25N3O. The van der Waals surface area contributed by atoms with Crippen LogP contribution in [0.25, 0.3) is 0 Å². The van der Waals surface area contributed by atoms with E-state index in [4.69, 9.17) is 0 Å². The number of likely N-dealkylation sites (tertiary alicyclic amines) is 1. The van der Waals surface area contributed by atoms with Crippen molar-refractivity contribution in [1.82, 2.24) is 15.5 Å². The third kappa shape index (κ3) is 4.78. The summed E-state index contributed by atoms with van der Waals surface area (Å²) >= 11 is 0. The van der Waals surface area contributed by atoms with Gasteiger partial charge in [-0.05, 0) is 44.7 Å². The zero-order valence-electron chi connectivity index (χ0n) is 11.2. The molecule has 18 heavy (non-hydrogen) atoms. The average molecular weight is 251 g/mol. The van der Waals surface area contributed by atoms with E-state index in [9.17, 15) is 4.79 Å². The molecule has 2 fully saturated rings. The first-order valence-corrected chi connectivity index (χ1v) is 7.11. The van der Waals surface area contributed by atoms with Crippen LogP contribution in [-0.4, -0.2) is 49.6 Å². The number of carbonyl (C=O) groups excluding carboxylic acids is 1. The van der Waals surface area contributed by atoms with Crippen molar-refractivity contribution in [1.29, 1.82) is 0 Å². The molecule has 0 aromatic heterocycles. The minimum Gasteiger partial charge on any atom is -0.352 e. The van der Waals surface area contributed by atoms with Crippen molar-refractivity contribution in [3.8, 4) is 0 Å². The van der Waals surface area contributed by atoms with Crippen molar-refractivity contribution < 1.29 is 4.79 Å². The standard InChI is InChI=1S/C14H25N3O/c1-2-7-15-14(18)11-17-8-3-4-12(10-17)9-16-13-5-6-13/h2,12-13,16H,1,3-11H2,(H,15,18). The van der Waals surface area contributed by atoms with Gasteiger partial charge in [-0.2, -0.15) is 0 Å². The molecule has 1 amide bonds. The predicted octanol–water partition coefficient (Wildman–Crippen LogP) is 0.753. The summed E-state index contributed by atoms with van der Waals surface area (Å²) in [6.45, 7) is 7.94. The Kier molecular flexibility index (Phi) is 5.20. The van der Waals surface area contributed by atoms with E-state index < -0.39 is 0 Å². The minimum atomic E-state index is 0.116. The molecular weight excluding hydrogens is 226 g/mol. The summed E-state index contributed by atoms with van der Waals surface area (Å²) < 4.78 is 0. The summed E-state index contributed by atoms with van der Waals surface area (Å²) in [6.07, 6.45) is 6.92. The van der Waals surface area contributed by atoms with Gasteiger partial charge in [-0.1, -0.05) is 6.08 Å². The second-order valence-electron chi connectivity index (χ2n) is 5.52. The van der Waals surface area contributed by atoms with Gasteiger partial charge in [0.15, 0.2) is 0 Å². The van der Waals surface area contributed by atoms with E-state index in [0.29, 0.717) is 19.0 Å². The van der Waals surface area contributed by atoms with Crippen molar-refractivity contribution in [2.45, 2.75) is 31.7 Å². The molecule has 1 heterocycles. The second-order valence-corrected chi connectivity index (χ2v) is 5.52. The van der Waals surface area contributed by atoms with Gasteiger partial charge in [0.25, 0.3) is 0 Å². The van der Waals surface area contributed by atoms with E-state index in [0.717, 1.165) is 25.7 Å². The highest BCUT2D eigenvalue weighted by molar-refractivity contribution is 5.78. The quantitative estimate of drug-likeness (QED) is 0.656. The lowest BCUT2D eigenvalue weighted by molar-refractivity contribution is -0.122. The van der Waals surface area contributed by atoms with Crippen LogP contribution in [0.4, 0.5) is 0 Å². The van der Waals surface area contributed by atoms with Crippen LogP contribution >= 0.6 is 0 Å². The zero-order chi connectivity index (χ0) is 12.8. The Morgan fingerprint density at radius 1 is 1.39 bits per heavy atom. The molecule has 1 saturated carbocycles. The highest BCUT2D eigenvalue weighted by Gasteiger charge is 2.25. The Morgan fingerprint density at radius 2 is 2.22 bits per heavy atom. The lowest BCUT2D eigenvalue weighted by Gasteiger charge is -2.32. The summed E-state index contributed by atoms with van der Waals surface area (Å²) in [4.78, 5) is 13.9. The van der Waals surface area contributed by atoms with Crippen LogP contribution < -0.4 is 10.6 Å². The molecule has 1 unspecified atom stereocenters. The minimum absolute atomic E-state index is 0.116. The Morgan fingerprint density at radius 3 is 2.94 bits per heavy atom. The van der Waals surface area contributed by atoms with Crippen molar-refractivity contribution in [3.63, 3.8) is 0 Å². The van der Waals surface area contributed by atoms with Crippen molar-refractivity contribution >= 4 is 5.91 Å². The number of hydrogen-bond acceptors (Lipinski definition) is 3. The first-order chi connectivity index (χ1) is 8.78. The smallest absolute Gasteiger partial charge is 0.234 e. The van der Waals surface area contributed by atoms with Crippen LogP contribution in [0.3, 0.4) is 0 Å². The van der Waals surface area contributed by atoms with Crippen molar-refractivity contribution in [3.05, 3.63) is 12.7 Å². The summed E-state index contributed by atoms with van der Waals surface area (Å²) in [6, 6.07) is 0.788. The molecule has 0 aromatic carbocycles. The van der Waals surface area contributed by atoms with E-state index in [1.807, 2.05) is 0 Å². The van der Waals surface area contributed by atoms with Crippen LogP contribution in [0, 0.1) is 5.92 Å². The molecule has 2 N–H and O–H groups in total. The maximum absolute atomic E-state index is 11.6. The molecule has 2 rings (SSSR count). The highest BCUT2D eigenvalue weighted by Crippen LogP contribution is 2.21. The van der Waals surface area contributed by atoms with Gasteiger partial charge in [-0.15, -0.1) is 6.58 Å². The average Bonchev–Trinajstić information content (AvgIpc) is 3.18. The lowest BCUT2D eigenvalue weighted by Crippen LogP contribution is -2.44. The zero-order valence-corrected chi connectivity index (χ0v) is 11.2. The first-order valence-electron chi connectivity index (χ1n) is 7.11. The van der Waals surface area contributed by atoms with E-state index in [1.54, 1.807) is 6.08 Å². The number of carbonyl (C=O) groups is 1. The van der Waals surface area contributed by atoms with Gasteiger partial charge >= 0.3 is 0 Å². The van der Waals surface area contributed by atoms with Gasteiger partial charge < -0.3 is 10.6 Å². The number of nitrogens with one attached hydrogen (secondary N) is 2. The van der Waals surface area contributed by atoms with Gasteiger partial charge in [0.1, 0.15) is 0 Å². The Balaban J connectivity index is 1.64. The number of amides is 1. The summed E-state index contributed by atoms with van der Waals surface area (Å²) in [5, 5.41) is 6.43. The predicted molar refractivity (Wildman–Crippen MR) is 73.4 cm³/mol. The van der Waals surface area contributed by atoms with Gasteiger partial charge in [0.2, 0.25) is 5.91 Å². The van der Waals surface area contributed by atoms with Crippen LogP contribution in [0.5, 0.6) is 0 Å². The molecule has 102 valence electrons. The second kappa shape index (κ2) is 6.90. The van der Waals surface area contributed by atoms with Gasteiger partial charge in [0, 0.05) is 19.1 Å². The van der Waals surface area contributed by atoms with Gasteiger partial charge in [-0.25, -0.2) is 0 Å². The fraction of sp³-hybridized carbons (Fsp3) is 0.786. The first kappa shape index (κ1) is 13.6. The van der Waals surface area contributed by atoms with E-state index in [1.165, 1.54) is 25.7 Å². The number of nitrogens with zero attached hydrogens (tertiary/aromatic N) is 1. The molecule has 4 heteroatoms. The Hall–Kier alpha value is -0.870. The Labute approximate surface area is 110 Å². The van der Waals surface area contributed by atoms with Crippen LogP contribution in [0.15, 0.2) is 12.7 Å². The molecule has 1 aliphatic carbocycles. The third-order valence-electron chi connectivity index (χ3n) is 3.69. The van der Waals surface area contributed by atoms with E-state index >= 15 is 0 Å². The van der Waals surface area contributed by atoms with Crippen LogP contribution in [0.1, 0.15) is 25.7 Å². The van der Waals surface area contributed by atoms with Gasteiger partial charge in [-0.3, -0.25) is 9.69 Å². The fourth-order valence-corrected chi connectivity index (χ4v) is 2.53. The maximum Gasteiger partial charge on any atom is 0.234 e. The molecule has 1 aliphatic heterocycles. The van der Waals surface area contributed by atoms with Crippen molar-refractivity contribution in [2.75, 3.05) is 32.7 Å². The maximum atomic E-state index is 11.6. The normalized spacial score (nSPS) is 24.8.